The van der Waals surface area contributed by atoms with E-state index < -0.39 is 0 Å². The molecule has 3 rings (SSSR count). The zero-order valence-corrected chi connectivity index (χ0v) is 12.1. The van der Waals surface area contributed by atoms with E-state index in [-0.39, 0.29) is 0 Å². The summed E-state index contributed by atoms with van der Waals surface area (Å²) < 4.78 is 0. The summed E-state index contributed by atoms with van der Waals surface area (Å²) in [5, 5.41) is 0. The third-order valence-electron chi connectivity index (χ3n) is 4.15. The van der Waals surface area contributed by atoms with Crippen LogP contribution in [-0.4, -0.2) is 16.4 Å². The maximum atomic E-state index is 4.33. The number of benzene rings is 1. The van der Waals surface area contributed by atoms with E-state index >= 15 is 0 Å². The molecule has 2 heteroatoms. The molecular weight excluding hydrogens is 244 g/mol. The number of nitrogens with zero attached hydrogens (tertiary/aromatic N) is 2. The zero-order valence-electron chi connectivity index (χ0n) is 12.1. The number of pyridine rings is 1. The van der Waals surface area contributed by atoms with Gasteiger partial charge in [0.15, 0.2) is 0 Å². The molecule has 1 aromatic carbocycles. The lowest BCUT2D eigenvalue weighted by atomic mass is 9.95. The first kappa shape index (κ1) is 13.3. The monoisotopic (exact) mass is 266 g/mol. The van der Waals surface area contributed by atoms with Crippen LogP contribution in [0, 0.1) is 6.92 Å². The van der Waals surface area contributed by atoms with E-state index in [4.69, 9.17) is 0 Å². The van der Waals surface area contributed by atoms with E-state index in [2.05, 4.69) is 59.3 Å². The van der Waals surface area contributed by atoms with Crippen LogP contribution in [0.2, 0.25) is 0 Å². The summed E-state index contributed by atoms with van der Waals surface area (Å²) >= 11 is 0. The van der Waals surface area contributed by atoms with Crippen molar-refractivity contribution in [3.8, 4) is 0 Å². The lowest BCUT2D eigenvalue weighted by Crippen LogP contribution is -2.33. The molecule has 0 N–H and O–H groups in total. The van der Waals surface area contributed by atoms with Crippen LogP contribution >= 0.6 is 0 Å². The van der Waals surface area contributed by atoms with E-state index in [1.54, 1.807) is 0 Å². The molecule has 1 saturated heterocycles. The fourth-order valence-corrected chi connectivity index (χ4v) is 3.15. The minimum Gasteiger partial charge on any atom is -0.292 e. The quantitative estimate of drug-likeness (QED) is 0.831. The van der Waals surface area contributed by atoms with Crippen molar-refractivity contribution >= 4 is 0 Å². The number of rotatable bonds is 3. The smallest absolute Gasteiger partial charge is 0.0375 e. The Morgan fingerprint density at radius 1 is 1.15 bits per heavy atom. The number of aromatic nitrogens is 1. The Labute approximate surface area is 121 Å². The SMILES string of the molecule is Cc1cc([C@H]2CCCCN2Cc2ccccc2)ccn1. The Hall–Kier alpha value is -1.67. The van der Waals surface area contributed by atoms with Gasteiger partial charge in [-0.3, -0.25) is 9.88 Å². The molecule has 0 unspecified atom stereocenters. The molecule has 1 aliphatic heterocycles. The molecule has 2 heterocycles. The molecule has 1 fully saturated rings. The zero-order chi connectivity index (χ0) is 13.8. The number of piperidine rings is 1. The maximum absolute atomic E-state index is 4.33. The Kier molecular flexibility index (Phi) is 4.12. The Bertz CT molecular complexity index is 550. The highest BCUT2D eigenvalue weighted by Gasteiger charge is 2.23. The van der Waals surface area contributed by atoms with Gasteiger partial charge in [0.1, 0.15) is 0 Å². The molecule has 0 spiro atoms. The molecule has 104 valence electrons. The van der Waals surface area contributed by atoms with Crippen molar-refractivity contribution in [1.29, 1.82) is 0 Å². The van der Waals surface area contributed by atoms with Crippen LogP contribution in [0.4, 0.5) is 0 Å². The molecule has 1 atom stereocenters. The standard InChI is InChI=1S/C18H22N2/c1-15-13-17(10-11-19-15)18-9-5-6-12-20(18)14-16-7-3-2-4-8-16/h2-4,7-8,10-11,13,18H,5-6,9,12,14H2,1H3/t18-/m1/s1. The molecule has 20 heavy (non-hydrogen) atoms. The topological polar surface area (TPSA) is 16.1 Å². The minimum absolute atomic E-state index is 0.547. The highest BCUT2D eigenvalue weighted by Crippen LogP contribution is 2.32. The van der Waals surface area contributed by atoms with Crippen LogP contribution in [0.5, 0.6) is 0 Å². The highest BCUT2D eigenvalue weighted by atomic mass is 15.2. The van der Waals surface area contributed by atoms with Crippen molar-refractivity contribution in [3.05, 3.63) is 65.5 Å². The third kappa shape index (κ3) is 3.07. The Balaban J connectivity index is 1.80. The lowest BCUT2D eigenvalue weighted by Gasteiger charge is -2.36. The molecule has 1 aromatic heterocycles. The van der Waals surface area contributed by atoms with Crippen LogP contribution in [0.25, 0.3) is 0 Å². The first-order chi connectivity index (χ1) is 9.83. The van der Waals surface area contributed by atoms with Gasteiger partial charge in [0.25, 0.3) is 0 Å². The third-order valence-corrected chi connectivity index (χ3v) is 4.15. The first-order valence-electron chi connectivity index (χ1n) is 7.53. The fourth-order valence-electron chi connectivity index (χ4n) is 3.15. The molecular formula is C18H22N2. The summed E-state index contributed by atoms with van der Waals surface area (Å²) in [6.07, 6.45) is 5.85. The summed E-state index contributed by atoms with van der Waals surface area (Å²) in [5.74, 6) is 0. The van der Waals surface area contributed by atoms with E-state index in [9.17, 15) is 0 Å². The summed E-state index contributed by atoms with van der Waals surface area (Å²) in [6.45, 7) is 4.32. The Morgan fingerprint density at radius 2 is 2.00 bits per heavy atom. The van der Waals surface area contributed by atoms with Crippen LogP contribution in [0.1, 0.15) is 42.1 Å². The van der Waals surface area contributed by atoms with Gasteiger partial charge in [0, 0.05) is 24.5 Å². The van der Waals surface area contributed by atoms with E-state index in [1.165, 1.54) is 36.9 Å². The van der Waals surface area contributed by atoms with Crippen LogP contribution in [-0.2, 0) is 6.54 Å². The van der Waals surface area contributed by atoms with Gasteiger partial charge in [-0.25, -0.2) is 0 Å². The van der Waals surface area contributed by atoms with Crippen molar-refractivity contribution in [2.75, 3.05) is 6.54 Å². The van der Waals surface area contributed by atoms with Crippen LogP contribution < -0.4 is 0 Å². The van der Waals surface area contributed by atoms with Crippen molar-refractivity contribution < 1.29 is 0 Å². The average Bonchev–Trinajstić information content (AvgIpc) is 2.49. The lowest BCUT2D eigenvalue weighted by molar-refractivity contribution is 0.140. The van der Waals surface area contributed by atoms with Gasteiger partial charge in [-0.05, 0) is 49.6 Å². The molecule has 2 aromatic rings. The van der Waals surface area contributed by atoms with E-state index in [1.807, 2.05) is 6.20 Å². The van der Waals surface area contributed by atoms with Gasteiger partial charge in [-0.1, -0.05) is 36.8 Å². The van der Waals surface area contributed by atoms with Gasteiger partial charge in [0.05, 0.1) is 0 Å². The highest BCUT2D eigenvalue weighted by molar-refractivity contribution is 5.21. The number of hydrogen-bond acceptors (Lipinski definition) is 2. The molecule has 0 amide bonds. The normalized spacial score (nSPS) is 19.9. The number of hydrogen-bond donors (Lipinski definition) is 0. The van der Waals surface area contributed by atoms with Gasteiger partial charge in [-0.15, -0.1) is 0 Å². The molecule has 0 radical (unpaired) electrons. The summed E-state index contributed by atoms with van der Waals surface area (Å²) in [4.78, 5) is 6.94. The number of aryl methyl sites for hydroxylation is 1. The average molecular weight is 266 g/mol. The molecule has 1 aliphatic rings. The van der Waals surface area contributed by atoms with Crippen molar-refractivity contribution in [2.24, 2.45) is 0 Å². The van der Waals surface area contributed by atoms with Gasteiger partial charge in [0.2, 0.25) is 0 Å². The van der Waals surface area contributed by atoms with Crippen LogP contribution in [0.15, 0.2) is 48.7 Å². The molecule has 2 nitrogen and oxygen atoms in total. The molecule has 0 bridgehead atoms. The second kappa shape index (κ2) is 6.19. The van der Waals surface area contributed by atoms with Gasteiger partial charge >= 0.3 is 0 Å². The fraction of sp³-hybridized carbons (Fsp3) is 0.389. The predicted octanol–water partition coefficient (Wildman–Crippen LogP) is 4.12. The van der Waals surface area contributed by atoms with Crippen molar-refractivity contribution in [3.63, 3.8) is 0 Å². The second-order valence-electron chi connectivity index (χ2n) is 5.70. The van der Waals surface area contributed by atoms with Crippen molar-refractivity contribution in [2.45, 2.75) is 38.8 Å². The minimum atomic E-state index is 0.547. The van der Waals surface area contributed by atoms with Gasteiger partial charge in [-0.2, -0.15) is 0 Å². The van der Waals surface area contributed by atoms with Crippen molar-refractivity contribution in [1.82, 2.24) is 9.88 Å². The largest absolute Gasteiger partial charge is 0.292 e. The Morgan fingerprint density at radius 3 is 2.80 bits per heavy atom. The van der Waals surface area contributed by atoms with E-state index in [0.29, 0.717) is 6.04 Å². The summed E-state index contributed by atoms with van der Waals surface area (Å²) in [5.41, 5.74) is 3.95. The van der Waals surface area contributed by atoms with E-state index in [0.717, 1.165) is 12.2 Å². The second-order valence-corrected chi connectivity index (χ2v) is 5.70. The van der Waals surface area contributed by atoms with Gasteiger partial charge < -0.3 is 0 Å². The number of likely N-dealkylation sites (tertiary alicyclic amines) is 1. The summed E-state index contributed by atoms with van der Waals surface area (Å²) in [7, 11) is 0. The predicted molar refractivity (Wildman–Crippen MR) is 82.4 cm³/mol. The van der Waals surface area contributed by atoms with Crippen LogP contribution in [0.3, 0.4) is 0 Å². The molecule has 0 saturated carbocycles. The maximum Gasteiger partial charge on any atom is 0.0375 e. The summed E-state index contributed by atoms with van der Waals surface area (Å²) in [6, 6.07) is 15.8. The first-order valence-corrected chi connectivity index (χ1v) is 7.53. The molecule has 0 aliphatic carbocycles.